The summed E-state index contributed by atoms with van der Waals surface area (Å²) in [4.78, 5) is 13.5. The van der Waals surface area contributed by atoms with Gasteiger partial charge in [-0.1, -0.05) is 17.0 Å². The maximum absolute atomic E-state index is 12.1. The second-order valence-corrected chi connectivity index (χ2v) is 5.57. The van der Waals surface area contributed by atoms with Gasteiger partial charge in [0.1, 0.15) is 0 Å². The van der Waals surface area contributed by atoms with Gasteiger partial charge in [-0.3, -0.25) is 4.79 Å². The molecule has 2 aromatic heterocycles. The zero-order valence-corrected chi connectivity index (χ0v) is 12.7. The Bertz CT molecular complexity index is 691. The molecule has 0 atom stereocenters. The molecule has 5 nitrogen and oxygen atoms in total. The van der Waals surface area contributed by atoms with E-state index in [0.717, 1.165) is 16.1 Å². The Morgan fingerprint density at radius 2 is 2.29 bits per heavy atom. The molecule has 6 heteroatoms. The number of carbonyl (C=O) groups is 1. The molecule has 0 saturated heterocycles. The summed E-state index contributed by atoms with van der Waals surface area (Å²) in [6, 6.07) is 3.60. The van der Waals surface area contributed by atoms with Gasteiger partial charge in [-0.2, -0.15) is 0 Å². The number of nitrogens with one attached hydrogen (secondary N) is 1. The highest BCUT2D eigenvalue weighted by molar-refractivity contribution is 7.14. The highest BCUT2D eigenvalue weighted by Gasteiger charge is 2.12. The third-order valence-electron chi connectivity index (χ3n) is 2.68. The number of carbonyl (C=O) groups excluding carboxylic acids is 1. The Morgan fingerprint density at radius 3 is 2.95 bits per heavy atom. The van der Waals surface area contributed by atoms with Crippen LogP contribution in [0.4, 0.5) is 0 Å². The van der Waals surface area contributed by atoms with Crippen LogP contribution < -0.4 is 5.32 Å². The minimum absolute atomic E-state index is 0.0430. The van der Waals surface area contributed by atoms with E-state index in [2.05, 4.69) is 22.3 Å². The number of hydrogen-bond donors (Lipinski definition) is 2. The summed E-state index contributed by atoms with van der Waals surface area (Å²) in [5, 5.41) is 15.3. The first-order valence-corrected chi connectivity index (χ1v) is 7.32. The maximum atomic E-state index is 12.1. The maximum Gasteiger partial charge on any atom is 0.261 e. The number of hydrogen-bond acceptors (Lipinski definition) is 5. The smallest absolute Gasteiger partial charge is 0.261 e. The lowest BCUT2D eigenvalue weighted by molar-refractivity contribution is 0.0951. The molecule has 0 aliphatic heterocycles. The number of aliphatic hydroxyl groups is 1. The highest BCUT2D eigenvalue weighted by Crippen LogP contribution is 2.21. The number of amides is 1. The number of thiophene rings is 1. The molecule has 2 rings (SSSR count). The van der Waals surface area contributed by atoms with E-state index in [1.54, 1.807) is 6.07 Å². The SMILES string of the molecule is Cc1cc(CNC(=O)c2cc(C)c(C#CCCO)s2)on1. The zero-order chi connectivity index (χ0) is 15.2. The lowest BCUT2D eigenvalue weighted by atomic mass is 10.2. The molecule has 0 unspecified atom stereocenters. The van der Waals surface area contributed by atoms with Crippen LogP contribution in [0.3, 0.4) is 0 Å². The van der Waals surface area contributed by atoms with E-state index in [9.17, 15) is 4.79 Å². The van der Waals surface area contributed by atoms with E-state index in [1.165, 1.54) is 11.3 Å². The average Bonchev–Trinajstić information content (AvgIpc) is 3.03. The Kier molecular flexibility index (Phi) is 5.14. The van der Waals surface area contributed by atoms with E-state index < -0.39 is 0 Å². The molecule has 0 radical (unpaired) electrons. The van der Waals surface area contributed by atoms with Gasteiger partial charge in [0.05, 0.1) is 28.6 Å². The molecule has 0 saturated carbocycles. The predicted molar refractivity (Wildman–Crippen MR) is 80.0 cm³/mol. The fourth-order valence-corrected chi connectivity index (χ4v) is 2.63. The second kappa shape index (κ2) is 7.07. The summed E-state index contributed by atoms with van der Waals surface area (Å²) in [6.45, 7) is 4.09. The first kappa shape index (κ1) is 15.3. The Morgan fingerprint density at radius 1 is 1.48 bits per heavy atom. The fourth-order valence-electron chi connectivity index (χ4n) is 1.67. The van der Waals surface area contributed by atoms with E-state index in [-0.39, 0.29) is 12.5 Å². The largest absolute Gasteiger partial charge is 0.395 e. The molecule has 0 fully saturated rings. The number of rotatable bonds is 4. The van der Waals surface area contributed by atoms with E-state index >= 15 is 0 Å². The summed E-state index contributed by atoms with van der Waals surface area (Å²) < 4.78 is 5.04. The van der Waals surface area contributed by atoms with Crippen LogP contribution in [0.5, 0.6) is 0 Å². The topological polar surface area (TPSA) is 75.4 Å². The highest BCUT2D eigenvalue weighted by atomic mass is 32.1. The van der Waals surface area contributed by atoms with Gasteiger partial charge in [-0.25, -0.2) is 0 Å². The van der Waals surface area contributed by atoms with Gasteiger partial charge in [0, 0.05) is 12.5 Å². The summed E-state index contributed by atoms with van der Waals surface area (Å²) in [5.74, 6) is 6.29. The van der Waals surface area contributed by atoms with Crippen molar-refractivity contribution >= 4 is 17.2 Å². The van der Waals surface area contributed by atoms with Crippen molar-refractivity contribution in [2.75, 3.05) is 6.61 Å². The standard InChI is InChI=1S/C15H16N2O3S/c1-10-7-14(21-13(10)5-3-4-6-18)15(19)16-9-12-8-11(2)17-20-12/h7-8,18H,4,6,9H2,1-2H3,(H,16,19). The monoisotopic (exact) mass is 304 g/mol. The predicted octanol–water partition coefficient (Wildman–Crippen LogP) is 2.02. The summed E-state index contributed by atoms with van der Waals surface area (Å²) in [7, 11) is 0. The van der Waals surface area contributed by atoms with Crippen LogP contribution in [0.15, 0.2) is 16.7 Å². The van der Waals surface area contributed by atoms with Gasteiger partial charge in [0.25, 0.3) is 5.91 Å². The van der Waals surface area contributed by atoms with Crippen molar-refractivity contribution in [1.82, 2.24) is 10.5 Å². The Hall–Kier alpha value is -2.10. The van der Waals surface area contributed by atoms with Crippen molar-refractivity contribution in [2.45, 2.75) is 26.8 Å². The average molecular weight is 304 g/mol. The third kappa shape index (κ3) is 4.18. The van der Waals surface area contributed by atoms with Gasteiger partial charge in [0.2, 0.25) is 0 Å². The summed E-state index contributed by atoms with van der Waals surface area (Å²) in [5.41, 5.74) is 1.75. The van der Waals surface area contributed by atoms with Gasteiger partial charge in [-0.15, -0.1) is 11.3 Å². The van der Waals surface area contributed by atoms with E-state index in [0.29, 0.717) is 23.6 Å². The number of aryl methyl sites for hydroxylation is 2. The fraction of sp³-hybridized carbons (Fsp3) is 0.333. The molecule has 0 bridgehead atoms. The molecule has 0 aliphatic rings. The van der Waals surface area contributed by atoms with Crippen molar-refractivity contribution in [2.24, 2.45) is 0 Å². The lowest BCUT2D eigenvalue weighted by Gasteiger charge is -1.99. The number of aliphatic hydroxyl groups excluding tert-OH is 1. The summed E-state index contributed by atoms with van der Waals surface area (Å²) >= 11 is 1.34. The van der Waals surface area contributed by atoms with Crippen LogP contribution in [0, 0.1) is 25.7 Å². The molecule has 110 valence electrons. The van der Waals surface area contributed by atoms with Crippen LogP contribution in [-0.4, -0.2) is 22.8 Å². The minimum atomic E-state index is -0.160. The molecule has 2 N–H and O–H groups in total. The molecule has 0 aromatic carbocycles. The van der Waals surface area contributed by atoms with Crippen molar-refractivity contribution in [1.29, 1.82) is 0 Å². The van der Waals surface area contributed by atoms with Crippen molar-refractivity contribution < 1.29 is 14.4 Å². The molecule has 21 heavy (non-hydrogen) atoms. The second-order valence-electron chi connectivity index (χ2n) is 4.52. The van der Waals surface area contributed by atoms with Crippen LogP contribution in [0.1, 0.15) is 38.0 Å². The van der Waals surface area contributed by atoms with Gasteiger partial charge < -0.3 is 14.9 Å². The van der Waals surface area contributed by atoms with Gasteiger partial charge in [-0.05, 0) is 25.5 Å². The van der Waals surface area contributed by atoms with Crippen molar-refractivity contribution in [3.05, 3.63) is 38.9 Å². The zero-order valence-electron chi connectivity index (χ0n) is 11.9. The normalized spacial score (nSPS) is 10.0. The lowest BCUT2D eigenvalue weighted by Crippen LogP contribution is -2.21. The molecule has 2 heterocycles. The summed E-state index contributed by atoms with van der Waals surface area (Å²) in [6.07, 6.45) is 0.434. The number of aromatic nitrogens is 1. The minimum Gasteiger partial charge on any atom is -0.395 e. The Labute approximate surface area is 127 Å². The van der Waals surface area contributed by atoms with E-state index in [1.807, 2.05) is 19.9 Å². The van der Waals surface area contributed by atoms with Gasteiger partial charge in [0.15, 0.2) is 5.76 Å². The van der Waals surface area contributed by atoms with Crippen LogP contribution in [0.2, 0.25) is 0 Å². The molecule has 1 amide bonds. The molecule has 0 aliphatic carbocycles. The first-order valence-electron chi connectivity index (χ1n) is 6.50. The first-order chi connectivity index (χ1) is 10.1. The molecular formula is C15H16N2O3S. The van der Waals surface area contributed by atoms with Crippen LogP contribution >= 0.6 is 11.3 Å². The van der Waals surface area contributed by atoms with Gasteiger partial charge >= 0.3 is 0 Å². The Balaban J connectivity index is 2.00. The third-order valence-corrected chi connectivity index (χ3v) is 3.83. The van der Waals surface area contributed by atoms with Crippen LogP contribution in [0.25, 0.3) is 0 Å². The molecular weight excluding hydrogens is 288 g/mol. The number of nitrogens with zero attached hydrogens (tertiary/aromatic N) is 1. The quantitative estimate of drug-likeness (QED) is 0.847. The van der Waals surface area contributed by atoms with Crippen molar-refractivity contribution in [3.63, 3.8) is 0 Å². The van der Waals surface area contributed by atoms with E-state index in [4.69, 9.17) is 9.63 Å². The molecule has 0 spiro atoms. The molecule has 2 aromatic rings. The van der Waals surface area contributed by atoms with Crippen LogP contribution in [-0.2, 0) is 6.54 Å². The van der Waals surface area contributed by atoms with Crippen molar-refractivity contribution in [3.8, 4) is 11.8 Å².